The highest BCUT2D eigenvalue weighted by molar-refractivity contribution is 5.92. The van der Waals surface area contributed by atoms with Gasteiger partial charge in [-0.2, -0.15) is 0 Å². The maximum Gasteiger partial charge on any atom is 0.271 e. The largest absolute Gasteiger partial charge is 0.347 e. The molecule has 0 spiro atoms. The first-order chi connectivity index (χ1) is 13.1. The Bertz CT molecular complexity index is 918. The van der Waals surface area contributed by atoms with E-state index >= 15 is 0 Å². The van der Waals surface area contributed by atoms with Crippen LogP contribution in [0.1, 0.15) is 39.7 Å². The van der Waals surface area contributed by atoms with Crippen LogP contribution in [0.2, 0.25) is 0 Å². The standard InChI is InChI=1S/C22H24N4O/c1-4-18-7-5-6-16(3)21(18)26-20-14-23-19(13-24-20)22(27)25-12-17-10-8-15(2)9-11-17/h5-11,13-14H,4,12H2,1-3H3,(H,24,26)(H,25,27). The molecule has 0 bridgehead atoms. The van der Waals surface area contributed by atoms with Crippen molar-refractivity contribution >= 4 is 17.4 Å². The molecular formula is C22H24N4O. The van der Waals surface area contributed by atoms with Gasteiger partial charge < -0.3 is 10.6 Å². The van der Waals surface area contributed by atoms with Crippen molar-refractivity contribution in [1.29, 1.82) is 0 Å². The van der Waals surface area contributed by atoms with Crippen LogP contribution in [0.25, 0.3) is 0 Å². The molecular weight excluding hydrogens is 336 g/mol. The average molecular weight is 360 g/mol. The number of benzene rings is 2. The first-order valence-corrected chi connectivity index (χ1v) is 9.08. The highest BCUT2D eigenvalue weighted by Gasteiger charge is 2.09. The quantitative estimate of drug-likeness (QED) is 0.687. The van der Waals surface area contributed by atoms with Crippen LogP contribution in [0.3, 0.4) is 0 Å². The third-order valence-corrected chi connectivity index (χ3v) is 4.45. The van der Waals surface area contributed by atoms with Gasteiger partial charge in [0.25, 0.3) is 5.91 Å². The van der Waals surface area contributed by atoms with E-state index in [2.05, 4.69) is 46.6 Å². The van der Waals surface area contributed by atoms with Gasteiger partial charge in [-0.1, -0.05) is 55.0 Å². The Balaban J connectivity index is 1.64. The molecule has 1 aromatic heterocycles. The summed E-state index contributed by atoms with van der Waals surface area (Å²) in [5.74, 6) is 0.383. The van der Waals surface area contributed by atoms with Crippen molar-refractivity contribution in [2.45, 2.75) is 33.7 Å². The Morgan fingerprint density at radius 2 is 1.78 bits per heavy atom. The maximum absolute atomic E-state index is 12.3. The van der Waals surface area contributed by atoms with Crippen molar-refractivity contribution in [1.82, 2.24) is 15.3 Å². The number of aromatic nitrogens is 2. The minimum Gasteiger partial charge on any atom is -0.347 e. The Labute approximate surface area is 159 Å². The summed E-state index contributed by atoms with van der Waals surface area (Å²) in [6.07, 6.45) is 4.01. The molecule has 0 aliphatic heterocycles. The molecule has 5 nitrogen and oxygen atoms in total. The Morgan fingerprint density at radius 3 is 2.44 bits per heavy atom. The van der Waals surface area contributed by atoms with E-state index in [0.717, 1.165) is 23.2 Å². The normalized spacial score (nSPS) is 10.5. The number of hydrogen-bond donors (Lipinski definition) is 2. The predicted molar refractivity (Wildman–Crippen MR) is 108 cm³/mol. The Hall–Kier alpha value is -3.21. The summed E-state index contributed by atoms with van der Waals surface area (Å²) in [7, 11) is 0. The highest BCUT2D eigenvalue weighted by Crippen LogP contribution is 2.24. The summed E-state index contributed by atoms with van der Waals surface area (Å²) in [6.45, 7) is 6.67. The zero-order valence-corrected chi connectivity index (χ0v) is 15.9. The van der Waals surface area contributed by atoms with Crippen LogP contribution in [-0.4, -0.2) is 15.9 Å². The third-order valence-electron chi connectivity index (χ3n) is 4.45. The van der Waals surface area contributed by atoms with Gasteiger partial charge in [0.1, 0.15) is 11.5 Å². The number of nitrogens with zero attached hydrogens (tertiary/aromatic N) is 2. The van der Waals surface area contributed by atoms with Crippen molar-refractivity contribution in [3.63, 3.8) is 0 Å². The van der Waals surface area contributed by atoms with Crippen molar-refractivity contribution in [2.24, 2.45) is 0 Å². The second-order valence-corrected chi connectivity index (χ2v) is 6.54. The molecule has 0 fully saturated rings. The molecule has 5 heteroatoms. The van der Waals surface area contributed by atoms with E-state index in [4.69, 9.17) is 0 Å². The van der Waals surface area contributed by atoms with Crippen LogP contribution in [0, 0.1) is 13.8 Å². The number of para-hydroxylation sites is 1. The number of hydrogen-bond acceptors (Lipinski definition) is 4. The highest BCUT2D eigenvalue weighted by atomic mass is 16.1. The molecule has 0 radical (unpaired) electrons. The second-order valence-electron chi connectivity index (χ2n) is 6.54. The molecule has 2 N–H and O–H groups in total. The number of carbonyl (C=O) groups excluding carboxylic acids is 1. The van der Waals surface area contributed by atoms with Crippen molar-refractivity contribution in [2.75, 3.05) is 5.32 Å². The fourth-order valence-corrected chi connectivity index (χ4v) is 2.82. The van der Waals surface area contributed by atoms with Crippen molar-refractivity contribution < 1.29 is 4.79 Å². The summed E-state index contributed by atoms with van der Waals surface area (Å²) in [4.78, 5) is 20.9. The van der Waals surface area contributed by atoms with Crippen LogP contribution in [-0.2, 0) is 13.0 Å². The third kappa shape index (κ3) is 4.70. The van der Waals surface area contributed by atoms with E-state index < -0.39 is 0 Å². The molecule has 1 amide bonds. The van der Waals surface area contributed by atoms with Crippen LogP contribution >= 0.6 is 0 Å². The van der Waals surface area contributed by atoms with Gasteiger partial charge >= 0.3 is 0 Å². The predicted octanol–water partition coefficient (Wildman–Crippen LogP) is 4.33. The van der Waals surface area contributed by atoms with Crippen LogP contribution in [0.4, 0.5) is 11.5 Å². The molecule has 3 aromatic rings. The first-order valence-electron chi connectivity index (χ1n) is 9.08. The van der Waals surface area contributed by atoms with E-state index in [0.29, 0.717) is 18.1 Å². The molecule has 0 aliphatic rings. The van der Waals surface area contributed by atoms with Crippen LogP contribution in [0.15, 0.2) is 54.9 Å². The van der Waals surface area contributed by atoms with E-state index in [1.807, 2.05) is 37.3 Å². The minimum absolute atomic E-state index is 0.236. The molecule has 0 saturated carbocycles. The van der Waals surface area contributed by atoms with Gasteiger partial charge in [0, 0.05) is 12.2 Å². The van der Waals surface area contributed by atoms with Gasteiger partial charge in [-0.15, -0.1) is 0 Å². The average Bonchev–Trinajstić information content (AvgIpc) is 2.69. The lowest BCUT2D eigenvalue weighted by molar-refractivity contribution is 0.0945. The molecule has 3 rings (SSSR count). The first kappa shape index (κ1) is 18.6. The van der Waals surface area contributed by atoms with Gasteiger partial charge in [0.2, 0.25) is 0 Å². The zero-order chi connectivity index (χ0) is 19.2. The van der Waals surface area contributed by atoms with Crippen LogP contribution < -0.4 is 10.6 Å². The number of amides is 1. The number of nitrogens with one attached hydrogen (secondary N) is 2. The molecule has 138 valence electrons. The molecule has 2 aromatic carbocycles. The molecule has 0 atom stereocenters. The number of carbonyl (C=O) groups is 1. The molecule has 0 unspecified atom stereocenters. The van der Waals surface area contributed by atoms with Gasteiger partial charge in [-0.05, 0) is 37.0 Å². The molecule has 1 heterocycles. The van der Waals surface area contributed by atoms with Gasteiger partial charge in [-0.3, -0.25) is 4.79 Å². The summed E-state index contributed by atoms with van der Waals surface area (Å²) in [5.41, 5.74) is 5.96. The fourth-order valence-electron chi connectivity index (χ4n) is 2.82. The maximum atomic E-state index is 12.3. The zero-order valence-electron chi connectivity index (χ0n) is 15.9. The Kier molecular flexibility index (Phi) is 5.81. The number of anilines is 2. The molecule has 27 heavy (non-hydrogen) atoms. The summed E-state index contributed by atoms with van der Waals surface area (Å²) < 4.78 is 0. The Morgan fingerprint density at radius 1 is 1.00 bits per heavy atom. The second kappa shape index (κ2) is 8.45. The lowest BCUT2D eigenvalue weighted by Crippen LogP contribution is -2.24. The van der Waals surface area contributed by atoms with E-state index in [-0.39, 0.29) is 5.91 Å². The lowest BCUT2D eigenvalue weighted by atomic mass is 10.1. The lowest BCUT2D eigenvalue weighted by Gasteiger charge is -2.13. The topological polar surface area (TPSA) is 66.9 Å². The monoisotopic (exact) mass is 360 g/mol. The van der Waals surface area contributed by atoms with Crippen molar-refractivity contribution in [3.05, 3.63) is 82.8 Å². The summed E-state index contributed by atoms with van der Waals surface area (Å²) >= 11 is 0. The number of rotatable bonds is 6. The molecule has 0 saturated heterocycles. The molecule has 0 aliphatic carbocycles. The minimum atomic E-state index is -0.236. The fraction of sp³-hybridized carbons (Fsp3) is 0.227. The van der Waals surface area contributed by atoms with E-state index in [1.54, 1.807) is 6.20 Å². The van der Waals surface area contributed by atoms with Gasteiger partial charge in [0.15, 0.2) is 0 Å². The number of aryl methyl sites for hydroxylation is 3. The van der Waals surface area contributed by atoms with Crippen molar-refractivity contribution in [3.8, 4) is 0 Å². The summed E-state index contributed by atoms with van der Waals surface area (Å²) in [6, 6.07) is 14.3. The van der Waals surface area contributed by atoms with Gasteiger partial charge in [-0.25, -0.2) is 9.97 Å². The van der Waals surface area contributed by atoms with E-state index in [1.165, 1.54) is 17.3 Å². The van der Waals surface area contributed by atoms with E-state index in [9.17, 15) is 4.79 Å². The SMILES string of the molecule is CCc1cccc(C)c1Nc1cnc(C(=O)NCc2ccc(C)cc2)cn1. The van der Waals surface area contributed by atoms with Gasteiger partial charge in [0.05, 0.1) is 12.4 Å². The van der Waals surface area contributed by atoms with Crippen LogP contribution in [0.5, 0.6) is 0 Å². The summed E-state index contributed by atoms with van der Waals surface area (Å²) in [5, 5.41) is 6.19. The smallest absolute Gasteiger partial charge is 0.271 e.